The number of pyridine rings is 1. The van der Waals surface area contributed by atoms with Crippen molar-refractivity contribution in [1.82, 2.24) is 9.97 Å². The van der Waals surface area contributed by atoms with Gasteiger partial charge in [0.1, 0.15) is 0 Å². The van der Waals surface area contributed by atoms with E-state index in [9.17, 15) is 0 Å². The first-order valence-corrected chi connectivity index (χ1v) is 8.05. The van der Waals surface area contributed by atoms with Gasteiger partial charge in [-0.15, -0.1) is 0 Å². The van der Waals surface area contributed by atoms with E-state index in [-0.39, 0.29) is 5.41 Å². The van der Waals surface area contributed by atoms with E-state index >= 15 is 0 Å². The van der Waals surface area contributed by atoms with Crippen molar-refractivity contribution in [2.45, 2.75) is 24.7 Å². The zero-order valence-corrected chi connectivity index (χ0v) is 13.2. The maximum absolute atomic E-state index is 4.30. The molecule has 2 nitrogen and oxygen atoms in total. The van der Waals surface area contributed by atoms with Gasteiger partial charge >= 0.3 is 0 Å². The Morgan fingerprint density at radius 2 is 1.90 bits per heavy atom. The Kier molecular flexibility index (Phi) is 2.84. The summed E-state index contributed by atoms with van der Waals surface area (Å²) >= 11 is 2.37. The van der Waals surface area contributed by atoms with E-state index in [4.69, 9.17) is 0 Å². The average molecular weight is 374 g/mol. The minimum Gasteiger partial charge on any atom is -0.361 e. The van der Waals surface area contributed by atoms with Gasteiger partial charge in [-0.25, -0.2) is 0 Å². The first-order valence-electron chi connectivity index (χ1n) is 6.97. The van der Waals surface area contributed by atoms with Gasteiger partial charge in [-0.05, 0) is 64.8 Å². The Labute approximate surface area is 131 Å². The number of benzene rings is 1. The highest BCUT2D eigenvalue weighted by Crippen LogP contribution is 2.50. The molecule has 0 spiro atoms. The van der Waals surface area contributed by atoms with E-state index in [0.29, 0.717) is 0 Å². The first-order chi connectivity index (χ1) is 9.79. The lowest BCUT2D eigenvalue weighted by Crippen LogP contribution is -2.35. The second kappa shape index (κ2) is 4.58. The predicted octanol–water partition coefficient (Wildman–Crippen LogP) is 4.64. The molecule has 0 bridgehead atoms. The van der Waals surface area contributed by atoms with Gasteiger partial charge in [0.05, 0.1) is 0 Å². The van der Waals surface area contributed by atoms with Crippen LogP contribution in [-0.4, -0.2) is 9.97 Å². The second-order valence-electron chi connectivity index (χ2n) is 5.57. The van der Waals surface area contributed by atoms with Crippen LogP contribution >= 0.6 is 22.6 Å². The van der Waals surface area contributed by atoms with Gasteiger partial charge in [0.2, 0.25) is 0 Å². The van der Waals surface area contributed by atoms with E-state index in [0.717, 1.165) is 0 Å². The van der Waals surface area contributed by atoms with Crippen LogP contribution < -0.4 is 0 Å². The molecule has 1 aliphatic rings. The maximum Gasteiger partial charge on any atom is 0.0488 e. The summed E-state index contributed by atoms with van der Waals surface area (Å²) in [6.45, 7) is 0. The molecule has 3 aromatic rings. The zero-order valence-electron chi connectivity index (χ0n) is 11.1. The van der Waals surface area contributed by atoms with E-state index in [1.807, 2.05) is 12.4 Å². The lowest BCUT2D eigenvalue weighted by Gasteiger charge is -2.42. The van der Waals surface area contributed by atoms with Crippen molar-refractivity contribution in [3.05, 3.63) is 63.6 Å². The molecule has 0 radical (unpaired) electrons. The molecule has 0 saturated heterocycles. The van der Waals surface area contributed by atoms with Crippen LogP contribution in [0.3, 0.4) is 0 Å². The van der Waals surface area contributed by atoms with Crippen LogP contribution in [-0.2, 0) is 5.41 Å². The lowest BCUT2D eigenvalue weighted by molar-refractivity contribution is 0.304. The minimum absolute atomic E-state index is 0.186. The fourth-order valence-electron chi connectivity index (χ4n) is 3.37. The van der Waals surface area contributed by atoms with Crippen LogP contribution in [0.2, 0.25) is 0 Å². The SMILES string of the molecule is Ic1ccc(C2(c3c[nH]c4ccncc34)CCC2)cc1. The number of aromatic amines is 1. The van der Waals surface area contributed by atoms with Crippen LogP contribution in [0.25, 0.3) is 10.9 Å². The van der Waals surface area contributed by atoms with E-state index < -0.39 is 0 Å². The van der Waals surface area contributed by atoms with Gasteiger partial charge in [0.25, 0.3) is 0 Å². The Bertz CT molecular complexity index is 754. The molecule has 2 aromatic heterocycles. The van der Waals surface area contributed by atoms with Gasteiger partial charge in [-0.1, -0.05) is 18.6 Å². The fourth-order valence-corrected chi connectivity index (χ4v) is 3.73. The third-order valence-electron chi connectivity index (χ3n) is 4.60. The number of aromatic nitrogens is 2. The Morgan fingerprint density at radius 3 is 2.60 bits per heavy atom. The van der Waals surface area contributed by atoms with E-state index in [1.54, 1.807) is 0 Å². The molecule has 2 heterocycles. The number of hydrogen-bond donors (Lipinski definition) is 1. The highest BCUT2D eigenvalue weighted by molar-refractivity contribution is 14.1. The van der Waals surface area contributed by atoms with Crippen LogP contribution in [0, 0.1) is 3.57 Å². The molecule has 0 amide bonds. The summed E-state index contributed by atoms with van der Waals surface area (Å²) in [5, 5.41) is 1.27. The summed E-state index contributed by atoms with van der Waals surface area (Å²) in [4.78, 5) is 7.71. The summed E-state index contributed by atoms with van der Waals surface area (Å²) in [6, 6.07) is 11.1. The number of H-pyrrole nitrogens is 1. The summed E-state index contributed by atoms with van der Waals surface area (Å²) in [6.07, 6.45) is 9.79. The standard InChI is InChI=1S/C17H15IN2/c18-13-4-2-12(3-5-13)17(7-1-8-17)15-11-20-16-6-9-19-10-14(15)16/h2-6,9-11,20H,1,7-8H2. The summed E-state index contributed by atoms with van der Waals surface area (Å²) in [7, 11) is 0. The fraction of sp³-hybridized carbons (Fsp3) is 0.235. The molecular formula is C17H15IN2. The molecule has 4 rings (SSSR count). The lowest BCUT2D eigenvalue weighted by atomic mass is 9.60. The average Bonchev–Trinajstić information content (AvgIpc) is 2.84. The highest BCUT2D eigenvalue weighted by Gasteiger charge is 2.41. The van der Waals surface area contributed by atoms with Crippen molar-refractivity contribution in [2.75, 3.05) is 0 Å². The maximum atomic E-state index is 4.30. The van der Waals surface area contributed by atoms with Gasteiger partial charge < -0.3 is 4.98 Å². The number of fused-ring (bicyclic) bond motifs is 1. The normalized spacial score (nSPS) is 17.1. The third-order valence-corrected chi connectivity index (χ3v) is 5.32. The van der Waals surface area contributed by atoms with Crippen molar-refractivity contribution in [2.24, 2.45) is 0 Å². The molecule has 20 heavy (non-hydrogen) atoms. The number of hydrogen-bond acceptors (Lipinski definition) is 1. The molecule has 0 unspecified atom stereocenters. The smallest absolute Gasteiger partial charge is 0.0488 e. The zero-order chi connectivity index (χ0) is 13.6. The summed E-state index contributed by atoms with van der Waals surface area (Å²) in [5.74, 6) is 0. The molecule has 100 valence electrons. The van der Waals surface area contributed by atoms with Crippen molar-refractivity contribution < 1.29 is 0 Å². The van der Waals surface area contributed by atoms with Crippen molar-refractivity contribution in [3.63, 3.8) is 0 Å². The van der Waals surface area contributed by atoms with Gasteiger partial charge in [0, 0.05) is 38.5 Å². The van der Waals surface area contributed by atoms with Crippen LogP contribution in [0.4, 0.5) is 0 Å². The Morgan fingerprint density at radius 1 is 1.10 bits per heavy atom. The molecule has 1 aromatic carbocycles. The molecule has 1 fully saturated rings. The number of rotatable bonds is 2. The monoisotopic (exact) mass is 374 g/mol. The number of halogens is 1. The predicted molar refractivity (Wildman–Crippen MR) is 89.9 cm³/mol. The molecular weight excluding hydrogens is 359 g/mol. The van der Waals surface area contributed by atoms with Gasteiger partial charge in [-0.2, -0.15) is 0 Å². The van der Waals surface area contributed by atoms with E-state index in [1.165, 1.54) is 44.9 Å². The summed E-state index contributed by atoms with van der Waals surface area (Å²) < 4.78 is 1.29. The van der Waals surface area contributed by atoms with Crippen LogP contribution in [0.5, 0.6) is 0 Å². The number of nitrogens with zero attached hydrogens (tertiary/aromatic N) is 1. The topological polar surface area (TPSA) is 28.7 Å². The third kappa shape index (κ3) is 1.72. The van der Waals surface area contributed by atoms with Crippen molar-refractivity contribution >= 4 is 33.5 Å². The van der Waals surface area contributed by atoms with E-state index in [2.05, 4.69) is 69.1 Å². The Balaban J connectivity index is 1.91. The first kappa shape index (κ1) is 12.4. The quantitative estimate of drug-likeness (QED) is 0.651. The molecule has 3 heteroatoms. The highest BCUT2D eigenvalue weighted by atomic mass is 127. The second-order valence-corrected chi connectivity index (χ2v) is 6.81. The number of nitrogens with one attached hydrogen (secondary N) is 1. The van der Waals surface area contributed by atoms with Crippen LogP contribution in [0.15, 0.2) is 48.9 Å². The Hall–Kier alpha value is -1.36. The molecule has 1 aliphatic carbocycles. The van der Waals surface area contributed by atoms with Crippen molar-refractivity contribution in [1.29, 1.82) is 0 Å². The van der Waals surface area contributed by atoms with Gasteiger partial charge in [-0.3, -0.25) is 4.98 Å². The molecule has 0 atom stereocenters. The van der Waals surface area contributed by atoms with Crippen molar-refractivity contribution in [3.8, 4) is 0 Å². The molecule has 0 aliphatic heterocycles. The molecule has 1 N–H and O–H groups in total. The largest absolute Gasteiger partial charge is 0.361 e. The van der Waals surface area contributed by atoms with Gasteiger partial charge in [0.15, 0.2) is 0 Å². The minimum atomic E-state index is 0.186. The molecule has 1 saturated carbocycles. The van der Waals surface area contributed by atoms with Crippen LogP contribution in [0.1, 0.15) is 30.4 Å². The summed E-state index contributed by atoms with van der Waals surface area (Å²) in [5.41, 5.74) is 4.22.